The zero-order valence-corrected chi connectivity index (χ0v) is 26.8. The summed E-state index contributed by atoms with van der Waals surface area (Å²) in [4.78, 5) is 2.38. The quantitative estimate of drug-likeness (QED) is 0.190. The van der Waals surface area contributed by atoms with E-state index in [0.717, 1.165) is 62.7 Å². The number of nitrogens with zero attached hydrogens (tertiary/aromatic N) is 1. The molecule has 0 saturated heterocycles. The molecular formula is C46H31NO2. The minimum absolute atomic E-state index is 0.895. The van der Waals surface area contributed by atoms with Crippen LogP contribution in [0.1, 0.15) is 18.4 Å². The van der Waals surface area contributed by atoms with Crippen molar-refractivity contribution in [1.82, 2.24) is 0 Å². The molecule has 0 amide bonds. The van der Waals surface area contributed by atoms with Gasteiger partial charge in [-0.3, -0.25) is 0 Å². The average Bonchev–Trinajstić information content (AvgIpc) is 3.75. The van der Waals surface area contributed by atoms with Gasteiger partial charge in [-0.2, -0.15) is 0 Å². The maximum absolute atomic E-state index is 6.56. The summed E-state index contributed by atoms with van der Waals surface area (Å²) in [6.07, 6.45) is 6.42. The Bertz CT molecular complexity index is 2760. The highest BCUT2D eigenvalue weighted by Crippen LogP contribution is 2.43. The molecule has 10 rings (SSSR count). The van der Waals surface area contributed by atoms with Crippen molar-refractivity contribution in [2.75, 3.05) is 4.90 Å². The Labute approximate surface area is 283 Å². The topological polar surface area (TPSA) is 29.5 Å². The third-order valence-electron chi connectivity index (χ3n) is 10.0. The van der Waals surface area contributed by atoms with Gasteiger partial charge in [-0.1, -0.05) is 115 Å². The number of rotatable bonds is 5. The molecule has 1 aliphatic rings. The van der Waals surface area contributed by atoms with Crippen molar-refractivity contribution in [3.63, 3.8) is 0 Å². The number of hydrogen-bond acceptors (Lipinski definition) is 3. The number of benzene rings is 7. The Morgan fingerprint density at radius 3 is 1.98 bits per heavy atom. The molecular weight excluding hydrogens is 599 g/mol. The second kappa shape index (κ2) is 11.1. The normalized spacial score (nSPS) is 13.4. The molecule has 2 heterocycles. The molecule has 7 aromatic carbocycles. The lowest BCUT2D eigenvalue weighted by molar-refractivity contribution is 0.668. The molecule has 0 radical (unpaired) electrons. The highest BCUT2D eigenvalue weighted by molar-refractivity contribution is 6.19. The zero-order valence-electron chi connectivity index (χ0n) is 26.8. The smallest absolute Gasteiger partial charge is 0.159 e. The molecule has 0 aliphatic heterocycles. The van der Waals surface area contributed by atoms with Crippen LogP contribution in [0.5, 0.6) is 0 Å². The molecule has 49 heavy (non-hydrogen) atoms. The van der Waals surface area contributed by atoms with E-state index >= 15 is 0 Å². The van der Waals surface area contributed by atoms with Gasteiger partial charge in [-0.05, 0) is 94.4 Å². The maximum atomic E-state index is 6.56. The fourth-order valence-electron chi connectivity index (χ4n) is 7.61. The molecule has 0 saturated carbocycles. The summed E-state index contributed by atoms with van der Waals surface area (Å²) in [5.41, 5.74) is 12.1. The summed E-state index contributed by atoms with van der Waals surface area (Å²) < 4.78 is 12.7. The van der Waals surface area contributed by atoms with Gasteiger partial charge in [-0.25, -0.2) is 0 Å². The first-order chi connectivity index (χ1) is 24.3. The first-order valence-corrected chi connectivity index (χ1v) is 16.9. The predicted molar refractivity (Wildman–Crippen MR) is 204 cm³/mol. The van der Waals surface area contributed by atoms with Gasteiger partial charge >= 0.3 is 0 Å². The first-order valence-electron chi connectivity index (χ1n) is 16.9. The van der Waals surface area contributed by atoms with Crippen molar-refractivity contribution in [1.29, 1.82) is 0 Å². The highest BCUT2D eigenvalue weighted by Gasteiger charge is 2.23. The van der Waals surface area contributed by atoms with E-state index in [9.17, 15) is 0 Å². The summed E-state index contributed by atoms with van der Waals surface area (Å²) in [5.74, 6) is 0. The molecule has 0 fully saturated rings. The monoisotopic (exact) mass is 629 g/mol. The largest absolute Gasteiger partial charge is 0.456 e. The number of furan rings is 2. The Morgan fingerprint density at radius 1 is 0.449 bits per heavy atom. The molecule has 0 bridgehead atoms. The van der Waals surface area contributed by atoms with Crippen LogP contribution in [-0.2, 0) is 0 Å². The van der Waals surface area contributed by atoms with E-state index in [2.05, 4.69) is 151 Å². The zero-order chi connectivity index (χ0) is 32.3. The molecule has 0 unspecified atom stereocenters. The minimum Gasteiger partial charge on any atom is -0.456 e. The van der Waals surface area contributed by atoms with E-state index in [-0.39, 0.29) is 0 Å². The fourth-order valence-corrected chi connectivity index (χ4v) is 7.61. The van der Waals surface area contributed by atoms with E-state index in [1.165, 1.54) is 44.1 Å². The van der Waals surface area contributed by atoms with Crippen molar-refractivity contribution < 1.29 is 8.83 Å². The molecule has 3 heteroatoms. The Kier molecular flexibility index (Phi) is 6.31. The third kappa shape index (κ3) is 4.58. The van der Waals surface area contributed by atoms with Crippen LogP contribution >= 0.6 is 0 Å². The number of anilines is 2. The average molecular weight is 630 g/mol. The van der Waals surface area contributed by atoms with E-state index < -0.39 is 0 Å². The van der Waals surface area contributed by atoms with Crippen LogP contribution in [0.2, 0.25) is 0 Å². The Hall–Kier alpha value is -6.32. The van der Waals surface area contributed by atoms with Crippen molar-refractivity contribution in [3.05, 3.63) is 175 Å². The molecule has 0 spiro atoms. The summed E-state index contributed by atoms with van der Waals surface area (Å²) in [5, 5.41) is 7.06. The predicted octanol–water partition coefficient (Wildman–Crippen LogP) is 13.2. The molecule has 1 aliphatic carbocycles. The van der Waals surface area contributed by atoms with Gasteiger partial charge in [0.25, 0.3) is 0 Å². The lowest BCUT2D eigenvalue weighted by Gasteiger charge is -2.30. The van der Waals surface area contributed by atoms with Crippen LogP contribution in [0, 0.1) is 0 Å². The van der Waals surface area contributed by atoms with Gasteiger partial charge in [0, 0.05) is 32.9 Å². The van der Waals surface area contributed by atoms with Gasteiger partial charge in [0.1, 0.15) is 16.7 Å². The van der Waals surface area contributed by atoms with Gasteiger partial charge in [-0.15, -0.1) is 0 Å². The molecule has 0 N–H and O–H groups in total. The molecule has 232 valence electrons. The second-order valence-corrected chi connectivity index (χ2v) is 12.8. The van der Waals surface area contributed by atoms with E-state index in [1.54, 1.807) is 0 Å². The Balaban J connectivity index is 1.08. The van der Waals surface area contributed by atoms with Crippen molar-refractivity contribution in [3.8, 4) is 11.1 Å². The minimum atomic E-state index is 0.895. The van der Waals surface area contributed by atoms with Crippen LogP contribution < -0.4 is 4.90 Å². The van der Waals surface area contributed by atoms with Crippen molar-refractivity contribution in [2.45, 2.75) is 12.8 Å². The van der Waals surface area contributed by atoms with Crippen LogP contribution in [0.4, 0.5) is 11.4 Å². The van der Waals surface area contributed by atoms with Crippen LogP contribution in [-0.4, -0.2) is 0 Å². The fraction of sp³-hybridized carbons (Fsp3) is 0.0435. The molecule has 0 atom stereocenters. The lowest BCUT2D eigenvalue weighted by Crippen LogP contribution is -2.18. The Morgan fingerprint density at radius 2 is 1.16 bits per heavy atom. The van der Waals surface area contributed by atoms with Crippen LogP contribution in [0.25, 0.3) is 71.3 Å². The standard InChI is InChI=1S/C46H31NO2/c1-2-9-30(10-3-1)31-17-23-35(24-18-31)47(41-14-8-13-39-38-11-4-6-15-42(38)49-46(39)41)36-25-19-32(20-26-36)33-21-27-37-34(29-33)22-28-44-45(37)40-12-5-7-16-43(40)48-44/h1-19,21-25,27-29H,20,26H2. The summed E-state index contributed by atoms with van der Waals surface area (Å²) in [7, 11) is 0. The number of fused-ring (bicyclic) bond motifs is 8. The summed E-state index contributed by atoms with van der Waals surface area (Å²) >= 11 is 0. The van der Waals surface area contributed by atoms with Crippen LogP contribution in [0.3, 0.4) is 0 Å². The number of hydrogen-bond donors (Lipinski definition) is 0. The SMILES string of the molecule is C1=C(c2ccc3c(ccc4oc5ccccc5c43)c2)CCC(N(c2ccc(-c3ccccc3)cc2)c2cccc3c2oc2ccccc23)=C1. The van der Waals surface area contributed by atoms with E-state index in [4.69, 9.17) is 8.83 Å². The van der Waals surface area contributed by atoms with E-state index in [0.29, 0.717) is 0 Å². The van der Waals surface area contributed by atoms with Crippen LogP contribution in [0.15, 0.2) is 178 Å². The highest BCUT2D eigenvalue weighted by atomic mass is 16.3. The first kappa shape index (κ1) is 27.8. The van der Waals surface area contributed by atoms with Crippen molar-refractivity contribution >= 4 is 71.6 Å². The number of para-hydroxylation sites is 3. The van der Waals surface area contributed by atoms with E-state index in [1.807, 2.05) is 18.2 Å². The van der Waals surface area contributed by atoms with Gasteiger partial charge in [0.05, 0.1) is 5.69 Å². The third-order valence-corrected chi connectivity index (χ3v) is 10.0. The molecule has 2 aromatic heterocycles. The van der Waals surface area contributed by atoms with Gasteiger partial charge in [0.2, 0.25) is 0 Å². The summed E-state index contributed by atoms with van der Waals surface area (Å²) in [6, 6.07) is 53.7. The molecule has 9 aromatic rings. The van der Waals surface area contributed by atoms with Gasteiger partial charge < -0.3 is 13.7 Å². The number of allylic oxidation sites excluding steroid dienone is 4. The van der Waals surface area contributed by atoms with Gasteiger partial charge in [0.15, 0.2) is 5.58 Å². The lowest BCUT2D eigenvalue weighted by atomic mass is 9.92. The van der Waals surface area contributed by atoms with Crippen molar-refractivity contribution in [2.24, 2.45) is 0 Å². The summed E-state index contributed by atoms with van der Waals surface area (Å²) in [6.45, 7) is 0. The molecule has 3 nitrogen and oxygen atoms in total. The maximum Gasteiger partial charge on any atom is 0.159 e. The second-order valence-electron chi connectivity index (χ2n) is 12.8.